The van der Waals surface area contributed by atoms with Crippen molar-refractivity contribution in [2.45, 2.75) is 24.8 Å². The molecular formula is C23H25N3O5S. The SMILES string of the molecule is CCOc1cc(C(=O)NCCc2ccc(S(N)(=O)=O)cc2)ccc1OCc1cccnc1. The Balaban J connectivity index is 1.59. The number of hydrogen-bond acceptors (Lipinski definition) is 6. The van der Waals surface area contributed by atoms with Gasteiger partial charge in [0.05, 0.1) is 11.5 Å². The zero-order valence-corrected chi connectivity index (χ0v) is 18.5. The summed E-state index contributed by atoms with van der Waals surface area (Å²) in [4.78, 5) is 16.7. The fraction of sp³-hybridized carbons (Fsp3) is 0.217. The van der Waals surface area contributed by atoms with Crippen LogP contribution in [0.25, 0.3) is 0 Å². The number of sulfonamides is 1. The summed E-state index contributed by atoms with van der Waals surface area (Å²) in [5.74, 6) is 0.788. The highest BCUT2D eigenvalue weighted by molar-refractivity contribution is 7.89. The first-order valence-corrected chi connectivity index (χ1v) is 11.6. The van der Waals surface area contributed by atoms with E-state index in [0.29, 0.717) is 43.2 Å². The zero-order chi connectivity index (χ0) is 23.0. The number of nitrogens with one attached hydrogen (secondary N) is 1. The van der Waals surface area contributed by atoms with Crippen molar-refractivity contribution in [2.75, 3.05) is 13.2 Å². The Kier molecular flexibility index (Phi) is 7.80. The van der Waals surface area contributed by atoms with Crippen molar-refractivity contribution in [3.05, 3.63) is 83.7 Å². The average molecular weight is 456 g/mol. The molecule has 1 amide bonds. The van der Waals surface area contributed by atoms with Gasteiger partial charge in [-0.1, -0.05) is 18.2 Å². The molecule has 8 nitrogen and oxygen atoms in total. The Morgan fingerprint density at radius 3 is 2.47 bits per heavy atom. The summed E-state index contributed by atoms with van der Waals surface area (Å²) in [5, 5.41) is 7.95. The van der Waals surface area contributed by atoms with Gasteiger partial charge in [-0.15, -0.1) is 0 Å². The van der Waals surface area contributed by atoms with Gasteiger partial charge in [-0.05, 0) is 55.3 Å². The van der Waals surface area contributed by atoms with E-state index in [-0.39, 0.29) is 10.8 Å². The summed E-state index contributed by atoms with van der Waals surface area (Å²) in [7, 11) is -3.72. The Bertz CT molecular complexity index is 1150. The Morgan fingerprint density at radius 2 is 1.81 bits per heavy atom. The van der Waals surface area contributed by atoms with Gasteiger partial charge in [-0.25, -0.2) is 13.6 Å². The minimum atomic E-state index is -3.72. The average Bonchev–Trinajstić information content (AvgIpc) is 2.79. The highest BCUT2D eigenvalue weighted by Crippen LogP contribution is 2.29. The molecule has 0 spiro atoms. The molecule has 0 unspecified atom stereocenters. The van der Waals surface area contributed by atoms with Gasteiger partial charge in [0.2, 0.25) is 10.0 Å². The third-order valence-electron chi connectivity index (χ3n) is 4.57. The predicted octanol–water partition coefficient (Wildman–Crippen LogP) is 2.68. The van der Waals surface area contributed by atoms with Crippen LogP contribution in [0.2, 0.25) is 0 Å². The monoisotopic (exact) mass is 455 g/mol. The smallest absolute Gasteiger partial charge is 0.251 e. The maximum atomic E-state index is 12.6. The second kappa shape index (κ2) is 10.7. The van der Waals surface area contributed by atoms with Crippen LogP contribution in [-0.2, 0) is 23.1 Å². The highest BCUT2D eigenvalue weighted by atomic mass is 32.2. The lowest BCUT2D eigenvalue weighted by atomic mass is 10.1. The number of primary sulfonamides is 1. The summed E-state index contributed by atoms with van der Waals surface area (Å²) in [5.41, 5.74) is 2.26. The molecule has 1 aromatic heterocycles. The quantitative estimate of drug-likeness (QED) is 0.485. The van der Waals surface area contributed by atoms with Crippen molar-refractivity contribution in [1.29, 1.82) is 0 Å². The molecule has 9 heteroatoms. The largest absolute Gasteiger partial charge is 0.490 e. The van der Waals surface area contributed by atoms with Crippen molar-refractivity contribution in [1.82, 2.24) is 10.3 Å². The number of rotatable bonds is 10. The number of carbonyl (C=O) groups excluding carboxylic acids is 1. The van der Waals surface area contributed by atoms with Gasteiger partial charge in [0.25, 0.3) is 5.91 Å². The molecule has 0 radical (unpaired) electrons. The minimum absolute atomic E-state index is 0.0552. The van der Waals surface area contributed by atoms with Gasteiger partial charge in [0.1, 0.15) is 6.61 Å². The number of aromatic nitrogens is 1. The van der Waals surface area contributed by atoms with Gasteiger partial charge in [-0.3, -0.25) is 9.78 Å². The van der Waals surface area contributed by atoms with Crippen molar-refractivity contribution < 1.29 is 22.7 Å². The Hall–Kier alpha value is -3.43. The second-order valence-corrected chi connectivity index (χ2v) is 8.50. The first kappa shape index (κ1) is 23.2. The molecule has 0 aliphatic heterocycles. The molecule has 0 fully saturated rings. The molecule has 0 aliphatic rings. The fourth-order valence-corrected chi connectivity index (χ4v) is 3.47. The maximum Gasteiger partial charge on any atom is 0.251 e. The van der Waals surface area contributed by atoms with E-state index < -0.39 is 10.0 Å². The Morgan fingerprint density at radius 1 is 1.03 bits per heavy atom. The van der Waals surface area contributed by atoms with Gasteiger partial charge >= 0.3 is 0 Å². The molecule has 3 aromatic rings. The topological polar surface area (TPSA) is 121 Å². The van der Waals surface area contributed by atoms with Gasteiger partial charge in [0.15, 0.2) is 11.5 Å². The number of nitrogens with zero attached hydrogens (tertiary/aromatic N) is 1. The molecule has 32 heavy (non-hydrogen) atoms. The van der Waals surface area contributed by atoms with E-state index in [4.69, 9.17) is 14.6 Å². The molecule has 0 atom stereocenters. The number of pyridine rings is 1. The van der Waals surface area contributed by atoms with Crippen molar-refractivity contribution in [3.63, 3.8) is 0 Å². The first-order valence-electron chi connectivity index (χ1n) is 10.1. The van der Waals surface area contributed by atoms with Gasteiger partial charge in [0, 0.05) is 30.1 Å². The molecule has 0 bridgehead atoms. The summed E-state index contributed by atoms with van der Waals surface area (Å²) < 4.78 is 34.1. The molecule has 0 saturated heterocycles. The van der Waals surface area contributed by atoms with Crippen LogP contribution in [0, 0.1) is 0 Å². The molecule has 0 saturated carbocycles. The third-order valence-corrected chi connectivity index (χ3v) is 5.50. The number of amides is 1. The molecule has 2 aromatic carbocycles. The lowest BCUT2D eigenvalue weighted by molar-refractivity contribution is 0.0953. The Labute approximate surface area is 187 Å². The second-order valence-electron chi connectivity index (χ2n) is 6.94. The number of ether oxygens (including phenoxy) is 2. The normalized spacial score (nSPS) is 11.1. The summed E-state index contributed by atoms with van der Waals surface area (Å²) >= 11 is 0. The van der Waals surface area contributed by atoms with Gasteiger partial charge < -0.3 is 14.8 Å². The van der Waals surface area contributed by atoms with Crippen LogP contribution < -0.4 is 19.9 Å². The standard InChI is InChI=1S/C23H25N3O5S/c1-2-30-22-14-19(7-10-21(22)31-16-18-4-3-12-25-15-18)23(27)26-13-11-17-5-8-20(9-6-17)32(24,28)29/h3-10,12,14-15H,2,11,13,16H2,1H3,(H,26,27)(H2,24,28,29). The van der Waals surface area contributed by atoms with E-state index in [9.17, 15) is 13.2 Å². The minimum Gasteiger partial charge on any atom is -0.490 e. The third kappa shape index (κ3) is 6.53. The summed E-state index contributed by atoms with van der Waals surface area (Å²) in [6.45, 7) is 3.02. The van der Waals surface area contributed by atoms with E-state index in [1.807, 2.05) is 19.1 Å². The van der Waals surface area contributed by atoms with Crippen LogP contribution in [0.3, 0.4) is 0 Å². The number of benzene rings is 2. The predicted molar refractivity (Wildman–Crippen MR) is 120 cm³/mol. The molecule has 168 valence electrons. The lowest BCUT2D eigenvalue weighted by Gasteiger charge is -2.13. The van der Waals surface area contributed by atoms with Crippen molar-refractivity contribution in [3.8, 4) is 11.5 Å². The van der Waals surface area contributed by atoms with E-state index in [0.717, 1.165) is 11.1 Å². The van der Waals surface area contributed by atoms with E-state index >= 15 is 0 Å². The lowest BCUT2D eigenvalue weighted by Crippen LogP contribution is -2.25. The first-order chi connectivity index (χ1) is 15.4. The number of hydrogen-bond donors (Lipinski definition) is 2. The molecular weight excluding hydrogens is 430 g/mol. The van der Waals surface area contributed by atoms with Crippen LogP contribution in [0.4, 0.5) is 0 Å². The molecule has 3 rings (SSSR count). The highest BCUT2D eigenvalue weighted by Gasteiger charge is 2.12. The number of carbonyl (C=O) groups is 1. The van der Waals surface area contributed by atoms with Crippen LogP contribution in [0.15, 0.2) is 71.9 Å². The van der Waals surface area contributed by atoms with Crippen LogP contribution in [-0.4, -0.2) is 32.5 Å². The van der Waals surface area contributed by atoms with Gasteiger partial charge in [-0.2, -0.15) is 0 Å². The van der Waals surface area contributed by atoms with E-state index in [1.54, 1.807) is 42.7 Å². The number of nitrogens with two attached hydrogens (primary N) is 1. The molecule has 0 aliphatic carbocycles. The zero-order valence-electron chi connectivity index (χ0n) is 17.7. The van der Waals surface area contributed by atoms with E-state index in [1.165, 1.54) is 12.1 Å². The van der Waals surface area contributed by atoms with E-state index in [2.05, 4.69) is 10.3 Å². The fourth-order valence-electron chi connectivity index (χ4n) is 2.95. The maximum absolute atomic E-state index is 12.6. The van der Waals surface area contributed by atoms with Crippen LogP contribution in [0.5, 0.6) is 11.5 Å². The molecule has 3 N–H and O–H groups in total. The summed E-state index contributed by atoms with van der Waals surface area (Å²) in [6.07, 6.45) is 3.97. The van der Waals surface area contributed by atoms with Crippen LogP contribution in [0.1, 0.15) is 28.4 Å². The van der Waals surface area contributed by atoms with Crippen molar-refractivity contribution in [2.24, 2.45) is 5.14 Å². The van der Waals surface area contributed by atoms with Crippen molar-refractivity contribution >= 4 is 15.9 Å². The summed E-state index contributed by atoms with van der Waals surface area (Å²) in [6, 6.07) is 15.0. The van der Waals surface area contributed by atoms with Crippen LogP contribution >= 0.6 is 0 Å². The molecule has 1 heterocycles.